The van der Waals surface area contributed by atoms with Gasteiger partial charge in [0.25, 0.3) is 0 Å². The van der Waals surface area contributed by atoms with Gasteiger partial charge in [0.2, 0.25) is 5.89 Å². The van der Waals surface area contributed by atoms with E-state index in [9.17, 15) is 18.3 Å². The van der Waals surface area contributed by atoms with Gasteiger partial charge in [-0.25, -0.2) is 4.98 Å². The molecule has 1 aliphatic heterocycles. The van der Waals surface area contributed by atoms with Crippen LogP contribution in [0.4, 0.5) is 13.2 Å². The molecule has 250 valence electrons. The lowest BCUT2D eigenvalue weighted by molar-refractivity contribution is -0.137. The van der Waals surface area contributed by atoms with Crippen LogP contribution in [0.3, 0.4) is 0 Å². The maximum Gasteiger partial charge on any atom is 0.417 e. The van der Waals surface area contributed by atoms with Crippen molar-refractivity contribution in [1.82, 2.24) is 9.88 Å². The van der Waals surface area contributed by atoms with Gasteiger partial charge in [0.1, 0.15) is 11.3 Å². The van der Waals surface area contributed by atoms with Crippen LogP contribution < -0.4 is 4.74 Å². The van der Waals surface area contributed by atoms with Gasteiger partial charge in [-0.05, 0) is 109 Å². The fourth-order valence-corrected chi connectivity index (χ4v) is 6.94. The summed E-state index contributed by atoms with van der Waals surface area (Å²) in [7, 11) is 1.51. The molecular formula is C39H38ClF3N2O3. The summed E-state index contributed by atoms with van der Waals surface area (Å²) < 4.78 is 55.0. The second kappa shape index (κ2) is 13.8. The lowest BCUT2D eigenvalue weighted by atomic mass is 9.91. The minimum atomic E-state index is -4.53. The Kier molecular flexibility index (Phi) is 9.70. The first kappa shape index (κ1) is 33.8. The van der Waals surface area contributed by atoms with E-state index in [0.29, 0.717) is 51.5 Å². The molecule has 0 bridgehead atoms. The van der Waals surface area contributed by atoms with Crippen LogP contribution in [-0.2, 0) is 19.3 Å². The second-order valence-corrected chi connectivity index (χ2v) is 12.9. The maximum atomic E-state index is 14.4. The molecular weight excluding hydrogens is 637 g/mol. The summed E-state index contributed by atoms with van der Waals surface area (Å²) in [5, 5.41) is 9.94. The van der Waals surface area contributed by atoms with Crippen molar-refractivity contribution in [1.29, 1.82) is 0 Å². The zero-order valence-electron chi connectivity index (χ0n) is 27.4. The number of hydrogen-bond donors (Lipinski definition) is 1. The number of oxazole rings is 1. The highest BCUT2D eigenvalue weighted by Gasteiger charge is 2.34. The summed E-state index contributed by atoms with van der Waals surface area (Å²) in [4.78, 5) is 6.89. The largest absolute Gasteiger partial charge is 0.496 e. The lowest BCUT2D eigenvalue weighted by Crippen LogP contribution is -2.36. The Bertz CT molecular complexity index is 2000. The summed E-state index contributed by atoms with van der Waals surface area (Å²) in [5.41, 5.74) is 6.85. The van der Waals surface area contributed by atoms with E-state index in [1.54, 1.807) is 18.2 Å². The number of hydrogen-bond acceptors (Lipinski definition) is 5. The van der Waals surface area contributed by atoms with Crippen LogP contribution in [0.5, 0.6) is 5.75 Å². The molecule has 48 heavy (non-hydrogen) atoms. The average molecular weight is 675 g/mol. The number of likely N-dealkylation sites (tertiary alicyclic amines) is 1. The van der Waals surface area contributed by atoms with Crippen LogP contribution in [0.1, 0.15) is 65.1 Å². The van der Waals surface area contributed by atoms with Gasteiger partial charge in [0.15, 0.2) is 5.58 Å². The summed E-state index contributed by atoms with van der Waals surface area (Å²) in [6, 6.07) is 18.1. The number of methoxy groups -OCH3 is 1. The van der Waals surface area contributed by atoms with Crippen molar-refractivity contribution in [3.05, 3.63) is 105 Å². The normalized spacial score (nSPS) is 15.9. The van der Waals surface area contributed by atoms with Crippen molar-refractivity contribution < 1.29 is 27.4 Å². The zero-order valence-corrected chi connectivity index (χ0v) is 28.2. The molecule has 0 amide bonds. The van der Waals surface area contributed by atoms with Gasteiger partial charge in [0, 0.05) is 23.7 Å². The monoisotopic (exact) mass is 674 g/mol. The molecule has 1 aliphatic rings. The summed E-state index contributed by atoms with van der Waals surface area (Å²) >= 11 is 6.40. The van der Waals surface area contributed by atoms with Crippen molar-refractivity contribution in [3.8, 4) is 28.3 Å². The third-order valence-electron chi connectivity index (χ3n) is 9.43. The number of fused-ring (bicyclic) bond motifs is 1. The molecule has 1 N–H and O–H groups in total. The number of aromatic nitrogens is 1. The molecule has 1 atom stereocenters. The van der Waals surface area contributed by atoms with Crippen molar-refractivity contribution in [2.45, 2.75) is 65.4 Å². The smallest absolute Gasteiger partial charge is 0.417 e. The van der Waals surface area contributed by atoms with Crippen LogP contribution in [0.15, 0.2) is 65.1 Å². The molecule has 2 heterocycles. The van der Waals surface area contributed by atoms with Crippen molar-refractivity contribution in [2.75, 3.05) is 13.7 Å². The van der Waals surface area contributed by atoms with E-state index in [4.69, 9.17) is 20.8 Å². The van der Waals surface area contributed by atoms with Gasteiger partial charge in [-0.2, -0.15) is 13.2 Å². The number of rotatable bonds is 8. The van der Waals surface area contributed by atoms with Gasteiger partial charge in [0.05, 0.1) is 24.3 Å². The highest BCUT2D eigenvalue weighted by Crippen LogP contribution is 2.39. The first-order chi connectivity index (χ1) is 23.0. The lowest BCUT2D eigenvalue weighted by Gasteiger charge is -2.33. The first-order valence-electron chi connectivity index (χ1n) is 16.1. The molecule has 4 aromatic carbocycles. The zero-order chi connectivity index (χ0) is 34.2. The van der Waals surface area contributed by atoms with Crippen LogP contribution in [-0.4, -0.2) is 34.7 Å². The molecule has 6 rings (SSSR count). The van der Waals surface area contributed by atoms with Crippen LogP contribution in [0.2, 0.25) is 5.02 Å². The van der Waals surface area contributed by atoms with Gasteiger partial charge in [-0.3, -0.25) is 4.90 Å². The summed E-state index contributed by atoms with van der Waals surface area (Å²) in [6.07, 6.45) is 1.94. The van der Waals surface area contributed by atoms with Gasteiger partial charge in [-0.1, -0.05) is 60.5 Å². The van der Waals surface area contributed by atoms with E-state index in [1.807, 2.05) is 50.2 Å². The molecule has 1 fully saturated rings. The Morgan fingerprint density at radius 2 is 1.69 bits per heavy atom. The highest BCUT2D eigenvalue weighted by atomic mass is 35.5. The molecule has 1 aromatic heterocycles. The summed E-state index contributed by atoms with van der Waals surface area (Å²) in [5.74, 6) is 0.855. The number of piperidine rings is 1. The molecule has 5 aromatic rings. The third kappa shape index (κ3) is 6.75. The Morgan fingerprint density at radius 3 is 2.40 bits per heavy atom. The Morgan fingerprint density at radius 1 is 0.979 bits per heavy atom. The Labute approximate surface area is 283 Å². The molecule has 0 saturated carbocycles. The number of halogens is 4. The maximum absolute atomic E-state index is 14.4. The van der Waals surface area contributed by atoms with Crippen molar-refractivity contribution >= 4 is 34.9 Å². The van der Waals surface area contributed by atoms with E-state index < -0.39 is 11.7 Å². The van der Waals surface area contributed by atoms with Crippen LogP contribution >= 0.6 is 11.6 Å². The molecule has 9 heteroatoms. The number of alkyl halides is 3. The molecule has 0 unspecified atom stereocenters. The summed E-state index contributed by atoms with van der Waals surface area (Å²) in [6.45, 7) is 7.19. The quantitative estimate of drug-likeness (QED) is 0.166. The first-order valence-corrected chi connectivity index (χ1v) is 16.5. The fourth-order valence-electron chi connectivity index (χ4n) is 6.67. The molecule has 0 radical (unpaired) electrons. The van der Waals surface area contributed by atoms with E-state index in [1.165, 1.54) is 25.3 Å². The number of ether oxygens (including phenoxy) is 1. The minimum absolute atomic E-state index is 0.0525. The standard InChI is InChI=1S/C39H38ClF3N2O3/c1-23-9-5-6-16-45(23)21-29-19-33(39(41,42)43)28(20-36(29)47-4)15-14-27-10-7-11-30(24(27)2)31-12-8-13-32(25(31)3)38-44-35-18-26(22-46)17-34(40)37(35)48-38/h7-8,10-15,17-20,23,46H,5-6,9,16,21-22H2,1-4H3/b15-14+/t23-/m1/s1. The minimum Gasteiger partial charge on any atom is -0.496 e. The fraction of sp³-hybridized carbons (Fsp3) is 0.308. The van der Waals surface area contributed by atoms with Crippen LogP contribution in [0.25, 0.3) is 45.8 Å². The number of aliphatic hydroxyl groups excluding tert-OH is 1. The number of nitrogens with zero attached hydrogens (tertiary/aromatic N) is 2. The van der Waals surface area contributed by atoms with E-state index in [2.05, 4.69) is 16.8 Å². The average Bonchev–Trinajstić information content (AvgIpc) is 3.50. The predicted octanol–water partition coefficient (Wildman–Crippen LogP) is 10.5. The molecule has 0 spiro atoms. The van der Waals surface area contributed by atoms with Crippen LogP contribution in [0, 0.1) is 13.8 Å². The Hall–Kier alpha value is -4.11. The number of benzene rings is 4. The van der Waals surface area contributed by atoms with Gasteiger partial charge >= 0.3 is 6.18 Å². The molecule has 5 nitrogen and oxygen atoms in total. The molecule has 1 saturated heterocycles. The van der Waals surface area contributed by atoms with E-state index in [0.717, 1.165) is 59.2 Å². The van der Waals surface area contributed by atoms with Gasteiger partial charge < -0.3 is 14.3 Å². The topological polar surface area (TPSA) is 58.7 Å². The van der Waals surface area contributed by atoms with Crippen molar-refractivity contribution in [3.63, 3.8) is 0 Å². The van der Waals surface area contributed by atoms with E-state index in [-0.39, 0.29) is 12.2 Å². The third-order valence-corrected chi connectivity index (χ3v) is 9.71. The van der Waals surface area contributed by atoms with Crippen molar-refractivity contribution in [2.24, 2.45) is 0 Å². The Balaban J connectivity index is 1.35. The number of aliphatic hydroxyl groups is 1. The molecule has 0 aliphatic carbocycles. The SMILES string of the molecule is COc1cc(/C=C/c2cccc(-c3cccc(-c4nc5cc(CO)cc(Cl)c5o4)c3C)c2C)c(C(F)(F)F)cc1CN1CCCC[C@H]1C. The second-order valence-electron chi connectivity index (χ2n) is 12.5. The van der Waals surface area contributed by atoms with E-state index >= 15 is 0 Å². The highest BCUT2D eigenvalue weighted by molar-refractivity contribution is 6.34. The van der Waals surface area contributed by atoms with Gasteiger partial charge in [-0.15, -0.1) is 0 Å². The predicted molar refractivity (Wildman–Crippen MR) is 186 cm³/mol.